The van der Waals surface area contributed by atoms with Crippen molar-refractivity contribution < 1.29 is 0 Å². The molecule has 0 radical (unpaired) electrons. The first-order valence-electron chi connectivity index (χ1n) is 14.2. The highest BCUT2D eigenvalue weighted by atomic mass is 14.5. The zero-order valence-corrected chi connectivity index (χ0v) is 25.9. The van der Waals surface area contributed by atoms with Crippen molar-refractivity contribution in [1.29, 1.82) is 0 Å². The van der Waals surface area contributed by atoms with Crippen molar-refractivity contribution in [3.8, 4) is 0 Å². The van der Waals surface area contributed by atoms with Crippen LogP contribution < -0.4 is 0 Å². The third-order valence-electron chi connectivity index (χ3n) is 9.05. The van der Waals surface area contributed by atoms with Crippen LogP contribution in [0.5, 0.6) is 0 Å². The maximum absolute atomic E-state index is 2.65. The van der Waals surface area contributed by atoms with Gasteiger partial charge in [-0.3, -0.25) is 0 Å². The Hall–Kier alpha value is -2.34. The summed E-state index contributed by atoms with van der Waals surface area (Å²) in [6, 6.07) is 14.1. The van der Waals surface area contributed by atoms with Crippen LogP contribution in [-0.4, -0.2) is 0 Å². The van der Waals surface area contributed by atoms with Gasteiger partial charge < -0.3 is 0 Å². The van der Waals surface area contributed by atoms with Crippen LogP contribution >= 0.6 is 0 Å². The molecule has 0 heterocycles. The van der Waals surface area contributed by atoms with Gasteiger partial charge >= 0.3 is 0 Å². The van der Waals surface area contributed by atoms with E-state index in [1.165, 1.54) is 50.1 Å². The van der Waals surface area contributed by atoms with Gasteiger partial charge in [0.05, 0.1) is 0 Å². The van der Waals surface area contributed by atoms with Gasteiger partial charge in [0, 0.05) is 5.41 Å². The molecule has 4 rings (SSSR count). The molecule has 0 heteroatoms. The van der Waals surface area contributed by atoms with Crippen LogP contribution in [-0.2, 0) is 17.3 Å². The van der Waals surface area contributed by atoms with E-state index in [2.05, 4.69) is 145 Å². The third kappa shape index (κ3) is 4.60. The van der Waals surface area contributed by atoms with Crippen LogP contribution in [0.1, 0.15) is 116 Å². The average Bonchev–Trinajstić information content (AvgIpc) is 3.04. The lowest BCUT2D eigenvalue weighted by molar-refractivity contribution is 0.0669. The molecule has 2 aliphatic carbocycles. The first-order valence-corrected chi connectivity index (χ1v) is 14.2. The lowest BCUT2D eigenvalue weighted by Gasteiger charge is -2.52. The molecule has 0 nitrogen and oxygen atoms in total. The van der Waals surface area contributed by atoms with Crippen molar-refractivity contribution in [3.63, 3.8) is 0 Å². The molecule has 0 bridgehead atoms. The van der Waals surface area contributed by atoms with E-state index in [1.807, 2.05) is 0 Å². The minimum absolute atomic E-state index is 0.0376. The minimum atomic E-state index is -0.0376. The molecule has 0 unspecified atom stereocenters. The summed E-state index contributed by atoms with van der Waals surface area (Å²) in [5.41, 5.74) is 13.4. The van der Waals surface area contributed by atoms with Gasteiger partial charge in [0.15, 0.2) is 0 Å². The molecule has 0 amide bonds. The molecular weight excluding hydrogens is 444 g/mol. The van der Waals surface area contributed by atoms with Crippen molar-refractivity contribution in [2.24, 2.45) is 16.2 Å². The summed E-state index contributed by atoms with van der Waals surface area (Å²) < 4.78 is 0. The monoisotopic (exact) mass is 494 g/mol. The van der Waals surface area contributed by atoms with E-state index >= 15 is 0 Å². The molecule has 2 aromatic rings. The van der Waals surface area contributed by atoms with Gasteiger partial charge in [-0.2, -0.15) is 0 Å². The summed E-state index contributed by atoms with van der Waals surface area (Å²) in [6.45, 7) is 30.7. The summed E-state index contributed by atoms with van der Waals surface area (Å²) in [5.74, 6) is 0. The van der Waals surface area contributed by atoms with Crippen LogP contribution in [0.2, 0.25) is 0 Å². The Labute approximate surface area is 228 Å². The summed E-state index contributed by atoms with van der Waals surface area (Å²) >= 11 is 0. The van der Waals surface area contributed by atoms with Gasteiger partial charge in [0.25, 0.3) is 0 Å². The molecule has 0 saturated carbocycles. The number of benzene rings is 2. The zero-order chi connectivity index (χ0) is 27.8. The predicted molar refractivity (Wildman–Crippen MR) is 164 cm³/mol. The summed E-state index contributed by atoms with van der Waals surface area (Å²) in [5, 5.41) is 0. The molecule has 0 fully saturated rings. The highest BCUT2D eigenvalue weighted by Gasteiger charge is 2.49. The van der Waals surface area contributed by atoms with Gasteiger partial charge in [-0.25, -0.2) is 0 Å². The van der Waals surface area contributed by atoms with Crippen molar-refractivity contribution in [3.05, 3.63) is 93.6 Å². The first kappa shape index (κ1) is 27.7. The number of allylic oxidation sites excluding steroid dienone is 6. The average molecular weight is 495 g/mol. The second kappa shape index (κ2) is 8.59. The molecule has 2 aromatic carbocycles. The standard InChI is InChI=1S/C37H50/c1-24-31(34(5,6)7)19-18-28-29(22-25-14-16-26(17-15-25)33(2,3)4)27-20-21-37(35(8,9)10,36(11,12)13)23-30(27)32(24)28/h14-21,23H,22H2,1-13H3. The summed E-state index contributed by atoms with van der Waals surface area (Å²) in [4.78, 5) is 0. The predicted octanol–water partition coefficient (Wildman–Crippen LogP) is 10.6. The van der Waals surface area contributed by atoms with Gasteiger partial charge in [-0.1, -0.05) is 138 Å². The van der Waals surface area contributed by atoms with Crippen LogP contribution in [0.15, 0.2) is 60.2 Å². The van der Waals surface area contributed by atoms with Crippen molar-refractivity contribution in [2.45, 2.75) is 107 Å². The molecular formula is C37H50. The number of fused-ring (bicyclic) bond motifs is 3. The minimum Gasteiger partial charge on any atom is -0.0728 e. The topological polar surface area (TPSA) is 0 Å². The Bertz CT molecular complexity index is 1280. The molecule has 0 spiro atoms. The lowest BCUT2D eigenvalue weighted by Crippen LogP contribution is -2.44. The SMILES string of the molecule is Cc1c(C(C)(C)C)ccc2c1C1=CC(C(C)(C)C)(C(C)(C)C)C=CC1=C2Cc1ccc(C(C)(C)C)cc1. The highest BCUT2D eigenvalue weighted by molar-refractivity contribution is 6.04. The fourth-order valence-corrected chi connectivity index (χ4v) is 6.97. The lowest BCUT2D eigenvalue weighted by atomic mass is 9.52. The van der Waals surface area contributed by atoms with Crippen molar-refractivity contribution in [2.75, 3.05) is 0 Å². The number of hydrogen-bond acceptors (Lipinski definition) is 0. The largest absolute Gasteiger partial charge is 0.0728 e. The van der Waals surface area contributed by atoms with E-state index < -0.39 is 0 Å². The highest BCUT2D eigenvalue weighted by Crippen LogP contribution is 2.60. The van der Waals surface area contributed by atoms with E-state index in [1.54, 1.807) is 0 Å². The Morgan fingerprint density at radius 2 is 1.24 bits per heavy atom. The smallest absolute Gasteiger partial charge is 0.0171 e. The van der Waals surface area contributed by atoms with Gasteiger partial charge in [0.1, 0.15) is 0 Å². The quantitative estimate of drug-likeness (QED) is 0.389. The van der Waals surface area contributed by atoms with Gasteiger partial charge in [0.2, 0.25) is 0 Å². The molecule has 0 saturated heterocycles. The Kier molecular flexibility index (Phi) is 6.43. The Balaban J connectivity index is 1.95. The summed E-state index contributed by atoms with van der Waals surface area (Å²) in [7, 11) is 0. The van der Waals surface area contributed by atoms with Crippen molar-refractivity contribution >= 4 is 11.1 Å². The normalized spacial score (nSPS) is 17.6. The second-order valence-electron chi connectivity index (χ2n) is 15.7. The molecule has 0 aromatic heterocycles. The van der Waals surface area contributed by atoms with Crippen LogP contribution in [0.3, 0.4) is 0 Å². The second-order valence-corrected chi connectivity index (χ2v) is 15.7. The maximum Gasteiger partial charge on any atom is 0.0171 e. The molecule has 2 aliphatic rings. The van der Waals surface area contributed by atoms with Gasteiger partial charge in [-0.05, 0) is 85.1 Å². The zero-order valence-electron chi connectivity index (χ0n) is 25.9. The van der Waals surface area contributed by atoms with E-state index in [0.717, 1.165) is 6.42 Å². The van der Waals surface area contributed by atoms with E-state index in [4.69, 9.17) is 0 Å². The fourth-order valence-electron chi connectivity index (χ4n) is 6.97. The van der Waals surface area contributed by atoms with E-state index in [9.17, 15) is 0 Å². The van der Waals surface area contributed by atoms with Crippen LogP contribution in [0.25, 0.3) is 11.1 Å². The Morgan fingerprint density at radius 3 is 1.73 bits per heavy atom. The molecule has 0 N–H and O–H groups in total. The number of hydrogen-bond donors (Lipinski definition) is 0. The number of rotatable bonds is 2. The third-order valence-corrected chi connectivity index (χ3v) is 9.05. The van der Waals surface area contributed by atoms with E-state index in [0.29, 0.717) is 0 Å². The molecule has 37 heavy (non-hydrogen) atoms. The Morgan fingerprint density at radius 1 is 0.676 bits per heavy atom. The maximum atomic E-state index is 2.65. The van der Waals surface area contributed by atoms with Crippen LogP contribution in [0.4, 0.5) is 0 Å². The molecule has 198 valence electrons. The fraction of sp³-hybridized carbons (Fsp3) is 0.514. The van der Waals surface area contributed by atoms with Crippen LogP contribution in [0, 0.1) is 23.2 Å². The first-order chi connectivity index (χ1) is 16.8. The van der Waals surface area contributed by atoms with Crippen molar-refractivity contribution in [1.82, 2.24) is 0 Å². The molecule has 0 aliphatic heterocycles. The van der Waals surface area contributed by atoms with E-state index in [-0.39, 0.29) is 27.1 Å². The molecule has 0 atom stereocenters. The van der Waals surface area contributed by atoms with Gasteiger partial charge in [-0.15, -0.1) is 0 Å². The summed E-state index contributed by atoms with van der Waals surface area (Å²) in [6.07, 6.45) is 8.61.